The maximum absolute atomic E-state index is 11.3. The van der Waals surface area contributed by atoms with E-state index < -0.39 is 6.10 Å². The molecule has 1 aliphatic rings. The highest BCUT2D eigenvalue weighted by atomic mass is 16.5. The lowest BCUT2D eigenvalue weighted by Gasteiger charge is -2.17. The van der Waals surface area contributed by atoms with Crippen molar-refractivity contribution in [3.05, 3.63) is 47.7 Å². The number of pyridine rings is 1. The number of carbonyl (C=O) groups excluding carboxylic acids is 1. The van der Waals surface area contributed by atoms with Crippen LogP contribution < -0.4 is 10.1 Å². The van der Waals surface area contributed by atoms with Gasteiger partial charge in [0.15, 0.2) is 0 Å². The lowest BCUT2D eigenvalue weighted by atomic mass is 10.0. The molecule has 1 amide bonds. The minimum absolute atomic E-state index is 0.0477. The molecule has 0 unspecified atom stereocenters. The number of nitrogens with one attached hydrogen (secondary N) is 1. The molecule has 0 saturated carbocycles. The van der Waals surface area contributed by atoms with E-state index in [1.54, 1.807) is 31.3 Å². The number of ether oxygens (including phenoxy) is 1. The number of nitrogens with zero attached hydrogens (tertiary/aromatic N) is 1. The smallest absolute Gasteiger partial charge is 0.224 e. The molecule has 108 valence electrons. The summed E-state index contributed by atoms with van der Waals surface area (Å²) < 4.78 is 5.70. The Hall–Kier alpha value is -2.40. The van der Waals surface area contributed by atoms with Crippen molar-refractivity contribution in [2.45, 2.75) is 25.9 Å². The van der Waals surface area contributed by atoms with Gasteiger partial charge in [-0.05, 0) is 48.7 Å². The number of fused-ring (bicyclic) bond motifs is 1. The third-order valence-electron chi connectivity index (χ3n) is 3.44. The number of aliphatic hydroxyl groups excluding tert-OH is 1. The van der Waals surface area contributed by atoms with Crippen molar-refractivity contribution >= 4 is 11.6 Å². The summed E-state index contributed by atoms with van der Waals surface area (Å²) in [5.41, 5.74) is 2.65. The van der Waals surface area contributed by atoms with Gasteiger partial charge >= 0.3 is 0 Å². The van der Waals surface area contributed by atoms with Gasteiger partial charge in [-0.3, -0.25) is 4.79 Å². The van der Waals surface area contributed by atoms with Crippen LogP contribution in [0.3, 0.4) is 0 Å². The number of benzene rings is 1. The van der Waals surface area contributed by atoms with Crippen LogP contribution in [0.15, 0.2) is 36.5 Å². The van der Waals surface area contributed by atoms with Crippen molar-refractivity contribution in [1.29, 1.82) is 0 Å². The Morgan fingerprint density at radius 1 is 1.29 bits per heavy atom. The van der Waals surface area contributed by atoms with Gasteiger partial charge in [-0.2, -0.15) is 0 Å². The minimum atomic E-state index is -0.543. The van der Waals surface area contributed by atoms with Gasteiger partial charge in [-0.15, -0.1) is 0 Å². The van der Waals surface area contributed by atoms with E-state index in [-0.39, 0.29) is 5.91 Å². The Kier molecular flexibility index (Phi) is 3.58. The molecule has 1 aliphatic heterocycles. The van der Waals surface area contributed by atoms with Gasteiger partial charge < -0.3 is 15.2 Å². The number of aliphatic hydroxyl groups is 1. The Labute approximate surface area is 122 Å². The molecule has 0 spiro atoms. The summed E-state index contributed by atoms with van der Waals surface area (Å²) in [5, 5.41) is 12.3. The molecule has 0 aliphatic carbocycles. The van der Waals surface area contributed by atoms with E-state index in [0.717, 1.165) is 16.8 Å². The lowest BCUT2D eigenvalue weighted by Crippen LogP contribution is -2.18. The third-order valence-corrected chi connectivity index (χ3v) is 3.44. The Balaban J connectivity index is 1.77. The molecule has 0 radical (unpaired) electrons. The fourth-order valence-electron chi connectivity index (χ4n) is 2.24. The standard InChI is InChI=1S/C16H16N2O3/c1-10(19)12-3-7-16(17-9-12)21-13-4-5-14-11(8-13)2-6-15(20)18-14/h3-5,7-10,19H,2,6H2,1H3,(H,18,20)/t10-/m1/s1. The number of hydrogen-bond acceptors (Lipinski definition) is 4. The van der Waals surface area contributed by atoms with Gasteiger partial charge in [0.05, 0.1) is 6.10 Å². The summed E-state index contributed by atoms with van der Waals surface area (Å²) >= 11 is 0. The minimum Gasteiger partial charge on any atom is -0.439 e. The fraction of sp³-hybridized carbons (Fsp3) is 0.250. The zero-order chi connectivity index (χ0) is 14.8. The van der Waals surface area contributed by atoms with Gasteiger partial charge in [0.25, 0.3) is 0 Å². The SMILES string of the molecule is C[C@@H](O)c1ccc(Oc2ccc3c(c2)CCC(=O)N3)nc1. The van der Waals surface area contributed by atoms with Gasteiger partial charge in [0, 0.05) is 24.4 Å². The quantitative estimate of drug-likeness (QED) is 0.909. The molecular weight excluding hydrogens is 268 g/mol. The number of aromatic nitrogens is 1. The normalized spacial score (nSPS) is 15.0. The van der Waals surface area contributed by atoms with Crippen molar-refractivity contribution in [3.8, 4) is 11.6 Å². The summed E-state index contributed by atoms with van der Waals surface area (Å²) in [6, 6.07) is 9.06. The first-order valence-electron chi connectivity index (χ1n) is 6.86. The molecule has 2 heterocycles. The van der Waals surface area contributed by atoms with Gasteiger partial charge in [-0.25, -0.2) is 4.98 Å². The number of hydrogen-bond donors (Lipinski definition) is 2. The van der Waals surface area contributed by atoms with Crippen molar-refractivity contribution in [2.75, 3.05) is 5.32 Å². The fourth-order valence-corrected chi connectivity index (χ4v) is 2.24. The monoisotopic (exact) mass is 284 g/mol. The predicted octanol–water partition coefficient (Wildman–Crippen LogP) is 2.81. The summed E-state index contributed by atoms with van der Waals surface area (Å²) in [5.74, 6) is 1.20. The number of aryl methyl sites for hydroxylation is 1. The number of anilines is 1. The van der Waals surface area contributed by atoms with E-state index in [1.807, 2.05) is 12.1 Å². The lowest BCUT2D eigenvalue weighted by molar-refractivity contribution is -0.116. The van der Waals surface area contributed by atoms with Crippen LogP contribution in [0.5, 0.6) is 11.6 Å². The number of amides is 1. The van der Waals surface area contributed by atoms with Crippen LogP contribution in [0, 0.1) is 0 Å². The molecular formula is C16H16N2O3. The van der Waals surface area contributed by atoms with Crippen LogP contribution in [-0.4, -0.2) is 16.0 Å². The Bertz CT molecular complexity index is 666. The van der Waals surface area contributed by atoms with Crippen LogP contribution in [-0.2, 0) is 11.2 Å². The van der Waals surface area contributed by atoms with E-state index in [1.165, 1.54) is 0 Å². The second kappa shape index (κ2) is 5.54. The zero-order valence-electron chi connectivity index (χ0n) is 11.7. The van der Waals surface area contributed by atoms with Crippen LogP contribution in [0.1, 0.15) is 30.6 Å². The van der Waals surface area contributed by atoms with Crippen LogP contribution in [0.2, 0.25) is 0 Å². The van der Waals surface area contributed by atoms with Crippen LogP contribution in [0.4, 0.5) is 5.69 Å². The van der Waals surface area contributed by atoms with Gasteiger partial charge in [-0.1, -0.05) is 0 Å². The largest absolute Gasteiger partial charge is 0.439 e. The highest BCUT2D eigenvalue weighted by molar-refractivity contribution is 5.94. The van der Waals surface area contributed by atoms with Crippen molar-refractivity contribution < 1.29 is 14.6 Å². The second-order valence-electron chi connectivity index (χ2n) is 5.07. The molecule has 1 aromatic heterocycles. The van der Waals surface area contributed by atoms with Crippen molar-refractivity contribution in [2.24, 2.45) is 0 Å². The molecule has 21 heavy (non-hydrogen) atoms. The molecule has 3 rings (SSSR count). The molecule has 5 nitrogen and oxygen atoms in total. The molecule has 2 aromatic rings. The summed E-state index contributed by atoms with van der Waals surface area (Å²) in [6.45, 7) is 1.69. The van der Waals surface area contributed by atoms with Crippen LogP contribution >= 0.6 is 0 Å². The van der Waals surface area contributed by atoms with Crippen molar-refractivity contribution in [3.63, 3.8) is 0 Å². The highest BCUT2D eigenvalue weighted by Gasteiger charge is 2.15. The topological polar surface area (TPSA) is 71.5 Å². The van der Waals surface area contributed by atoms with E-state index in [0.29, 0.717) is 24.5 Å². The molecule has 0 fully saturated rings. The molecule has 2 N–H and O–H groups in total. The molecule has 1 aromatic carbocycles. The van der Waals surface area contributed by atoms with Crippen molar-refractivity contribution in [1.82, 2.24) is 4.98 Å². The Morgan fingerprint density at radius 2 is 2.14 bits per heavy atom. The molecule has 5 heteroatoms. The van der Waals surface area contributed by atoms with Crippen LogP contribution in [0.25, 0.3) is 0 Å². The maximum Gasteiger partial charge on any atom is 0.224 e. The Morgan fingerprint density at radius 3 is 2.86 bits per heavy atom. The molecule has 0 saturated heterocycles. The summed E-state index contributed by atoms with van der Waals surface area (Å²) in [6.07, 6.45) is 2.27. The number of rotatable bonds is 3. The first kappa shape index (κ1) is 13.6. The number of carbonyl (C=O) groups is 1. The second-order valence-corrected chi connectivity index (χ2v) is 5.07. The summed E-state index contributed by atoms with van der Waals surface area (Å²) in [7, 11) is 0. The predicted molar refractivity (Wildman–Crippen MR) is 78.3 cm³/mol. The van der Waals surface area contributed by atoms with E-state index in [2.05, 4.69) is 10.3 Å². The first-order valence-corrected chi connectivity index (χ1v) is 6.86. The van der Waals surface area contributed by atoms with E-state index in [9.17, 15) is 9.90 Å². The zero-order valence-corrected chi connectivity index (χ0v) is 11.7. The van der Waals surface area contributed by atoms with E-state index >= 15 is 0 Å². The molecule has 0 bridgehead atoms. The highest BCUT2D eigenvalue weighted by Crippen LogP contribution is 2.29. The first-order chi connectivity index (χ1) is 10.1. The average Bonchev–Trinajstić information content (AvgIpc) is 2.48. The maximum atomic E-state index is 11.3. The average molecular weight is 284 g/mol. The summed E-state index contributed by atoms with van der Waals surface area (Å²) in [4.78, 5) is 15.5. The molecule has 1 atom stereocenters. The van der Waals surface area contributed by atoms with E-state index in [4.69, 9.17) is 4.74 Å². The third kappa shape index (κ3) is 3.03. The van der Waals surface area contributed by atoms with Gasteiger partial charge in [0.1, 0.15) is 5.75 Å². The van der Waals surface area contributed by atoms with Gasteiger partial charge in [0.2, 0.25) is 11.8 Å².